The van der Waals surface area contributed by atoms with Gasteiger partial charge >= 0.3 is 0 Å². The summed E-state index contributed by atoms with van der Waals surface area (Å²) in [7, 11) is 0. The van der Waals surface area contributed by atoms with Crippen molar-refractivity contribution < 1.29 is 4.74 Å². The first-order valence-corrected chi connectivity index (χ1v) is 6.00. The van der Waals surface area contributed by atoms with E-state index < -0.39 is 0 Å². The van der Waals surface area contributed by atoms with E-state index in [0.29, 0.717) is 11.5 Å². The first kappa shape index (κ1) is 12.2. The fourth-order valence-electron chi connectivity index (χ4n) is 1.51. The summed E-state index contributed by atoms with van der Waals surface area (Å²) in [6, 6.07) is 11.4. The highest BCUT2D eigenvalue weighted by molar-refractivity contribution is 5.68. The van der Waals surface area contributed by atoms with Crippen LogP contribution in [-0.2, 0) is 0 Å². The number of nitrogen functional groups attached to an aromatic ring is 1. The molecule has 0 aliphatic heterocycles. The van der Waals surface area contributed by atoms with Crippen LogP contribution in [-0.4, -0.2) is 11.6 Å². The number of nitrogens with one attached hydrogen (secondary N) is 1. The number of hydrogen-bond acceptors (Lipinski definition) is 4. The van der Waals surface area contributed by atoms with E-state index in [2.05, 4.69) is 17.2 Å². The highest BCUT2D eigenvalue weighted by Gasteiger charge is 2.00. The van der Waals surface area contributed by atoms with Gasteiger partial charge in [0.1, 0.15) is 5.75 Å². The molecule has 2 aromatic rings. The van der Waals surface area contributed by atoms with Crippen molar-refractivity contribution in [1.29, 1.82) is 0 Å². The molecule has 0 bridgehead atoms. The van der Waals surface area contributed by atoms with Gasteiger partial charge < -0.3 is 15.8 Å². The summed E-state index contributed by atoms with van der Waals surface area (Å²) in [5, 5.41) is 3.16. The molecule has 0 aliphatic rings. The van der Waals surface area contributed by atoms with Crippen molar-refractivity contribution >= 4 is 17.2 Å². The van der Waals surface area contributed by atoms with Gasteiger partial charge in [0.2, 0.25) is 0 Å². The Morgan fingerprint density at radius 3 is 2.67 bits per heavy atom. The van der Waals surface area contributed by atoms with Crippen molar-refractivity contribution in [1.82, 2.24) is 4.98 Å². The van der Waals surface area contributed by atoms with Crippen LogP contribution in [0.15, 0.2) is 42.6 Å². The van der Waals surface area contributed by atoms with Crippen LogP contribution in [0.25, 0.3) is 0 Å². The molecule has 0 saturated carbocycles. The van der Waals surface area contributed by atoms with E-state index >= 15 is 0 Å². The zero-order valence-corrected chi connectivity index (χ0v) is 10.4. The first-order chi connectivity index (χ1) is 8.79. The van der Waals surface area contributed by atoms with Gasteiger partial charge in [-0.2, -0.15) is 0 Å². The van der Waals surface area contributed by atoms with Crippen molar-refractivity contribution in [3.05, 3.63) is 42.6 Å². The summed E-state index contributed by atoms with van der Waals surface area (Å²) in [5.74, 6) is 1.54. The molecular weight excluding hydrogens is 226 g/mol. The first-order valence-electron chi connectivity index (χ1n) is 6.00. The second-order valence-corrected chi connectivity index (χ2v) is 3.94. The van der Waals surface area contributed by atoms with Crippen molar-refractivity contribution in [2.45, 2.75) is 13.3 Å². The topological polar surface area (TPSA) is 60.2 Å². The Bertz CT molecular complexity index is 497. The van der Waals surface area contributed by atoms with Gasteiger partial charge in [0.15, 0.2) is 5.82 Å². The zero-order valence-electron chi connectivity index (χ0n) is 10.4. The molecular formula is C14H17N3O. The lowest BCUT2D eigenvalue weighted by Gasteiger charge is -2.09. The average Bonchev–Trinajstić information content (AvgIpc) is 2.41. The van der Waals surface area contributed by atoms with Crippen molar-refractivity contribution in [2.24, 2.45) is 0 Å². The number of nitrogens with two attached hydrogens (primary N) is 1. The van der Waals surface area contributed by atoms with E-state index in [4.69, 9.17) is 10.5 Å². The maximum Gasteiger partial charge on any atom is 0.153 e. The third-order valence-corrected chi connectivity index (χ3v) is 2.43. The van der Waals surface area contributed by atoms with Crippen LogP contribution in [0.3, 0.4) is 0 Å². The standard InChI is InChI=1S/C14H17N3O/c1-2-10-18-12-7-5-11(6-8-12)17-14-13(15)4-3-9-16-14/h3-9H,2,10,15H2,1H3,(H,16,17). The van der Waals surface area contributed by atoms with Crippen LogP contribution in [0.4, 0.5) is 17.2 Å². The summed E-state index contributed by atoms with van der Waals surface area (Å²) >= 11 is 0. The molecule has 0 atom stereocenters. The number of pyridine rings is 1. The molecule has 1 aromatic heterocycles. The lowest BCUT2D eigenvalue weighted by Crippen LogP contribution is -1.99. The van der Waals surface area contributed by atoms with Crippen molar-refractivity contribution in [3.8, 4) is 5.75 Å². The van der Waals surface area contributed by atoms with Gasteiger partial charge in [0, 0.05) is 11.9 Å². The predicted octanol–water partition coefficient (Wildman–Crippen LogP) is 3.20. The molecule has 0 unspecified atom stereocenters. The molecule has 0 aliphatic carbocycles. The van der Waals surface area contributed by atoms with Gasteiger partial charge in [-0.3, -0.25) is 0 Å². The Morgan fingerprint density at radius 1 is 1.22 bits per heavy atom. The average molecular weight is 243 g/mol. The molecule has 1 aromatic carbocycles. The summed E-state index contributed by atoms with van der Waals surface area (Å²) in [4.78, 5) is 4.18. The van der Waals surface area contributed by atoms with Crippen LogP contribution in [0.5, 0.6) is 5.75 Å². The minimum absolute atomic E-state index is 0.629. The molecule has 3 N–H and O–H groups in total. The largest absolute Gasteiger partial charge is 0.494 e. The number of aromatic nitrogens is 1. The summed E-state index contributed by atoms with van der Waals surface area (Å²) < 4.78 is 5.52. The van der Waals surface area contributed by atoms with Gasteiger partial charge in [-0.25, -0.2) is 4.98 Å². The van der Waals surface area contributed by atoms with E-state index in [1.807, 2.05) is 36.4 Å². The molecule has 0 radical (unpaired) electrons. The quantitative estimate of drug-likeness (QED) is 0.846. The van der Waals surface area contributed by atoms with Crippen LogP contribution in [0.1, 0.15) is 13.3 Å². The second kappa shape index (κ2) is 5.91. The Morgan fingerprint density at radius 2 is 2.00 bits per heavy atom. The van der Waals surface area contributed by atoms with Gasteiger partial charge in [0.05, 0.1) is 12.3 Å². The molecule has 0 spiro atoms. The zero-order chi connectivity index (χ0) is 12.8. The molecule has 0 saturated heterocycles. The lowest BCUT2D eigenvalue weighted by molar-refractivity contribution is 0.317. The molecule has 94 valence electrons. The minimum Gasteiger partial charge on any atom is -0.494 e. The molecule has 2 rings (SSSR count). The fraction of sp³-hybridized carbons (Fsp3) is 0.214. The molecule has 18 heavy (non-hydrogen) atoms. The van der Waals surface area contributed by atoms with Crippen LogP contribution in [0.2, 0.25) is 0 Å². The number of nitrogens with zero attached hydrogens (tertiary/aromatic N) is 1. The van der Waals surface area contributed by atoms with E-state index in [9.17, 15) is 0 Å². The van der Waals surface area contributed by atoms with Crippen LogP contribution in [0, 0.1) is 0 Å². The van der Waals surface area contributed by atoms with E-state index in [1.165, 1.54) is 0 Å². The summed E-state index contributed by atoms with van der Waals surface area (Å²) in [5.41, 5.74) is 7.38. The number of rotatable bonds is 5. The van der Waals surface area contributed by atoms with Gasteiger partial charge in [-0.15, -0.1) is 0 Å². The Balaban J connectivity index is 2.04. The SMILES string of the molecule is CCCOc1ccc(Nc2ncccc2N)cc1. The minimum atomic E-state index is 0.629. The lowest BCUT2D eigenvalue weighted by atomic mass is 10.3. The van der Waals surface area contributed by atoms with Crippen molar-refractivity contribution in [2.75, 3.05) is 17.7 Å². The number of benzene rings is 1. The molecule has 1 heterocycles. The maximum atomic E-state index is 5.81. The molecule has 4 nitrogen and oxygen atoms in total. The van der Waals surface area contributed by atoms with E-state index in [0.717, 1.165) is 24.5 Å². The van der Waals surface area contributed by atoms with Crippen LogP contribution < -0.4 is 15.8 Å². The maximum absolute atomic E-state index is 5.81. The summed E-state index contributed by atoms with van der Waals surface area (Å²) in [6.45, 7) is 2.82. The smallest absolute Gasteiger partial charge is 0.153 e. The number of hydrogen-bond donors (Lipinski definition) is 2. The Kier molecular flexibility index (Phi) is 4.02. The van der Waals surface area contributed by atoms with Gasteiger partial charge in [-0.05, 0) is 42.8 Å². The Labute approximate surface area is 107 Å². The normalized spacial score (nSPS) is 10.1. The predicted molar refractivity (Wildman–Crippen MR) is 74.2 cm³/mol. The van der Waals surface area contributed by atoms with Crippen molar-refractivity contribution in [3.63, 3.8) is 0 Å². The fourth-order valence-corrected chi connectivity index (χ4v) is 1.51. The Hall–Kier alpha value is -2.23. The molecule has 4 heteroatoms. The van der Waals surface area contributed by atoms with Gasteiger partial charge in [-0.1, -0.05) is 6.92 Å². The summed E-state index contributed by atoms with van der Waals surface area (Å²) in [6.07, 6.45) is 2.71. The number of anilines is 3. The highest BCUT2D eigenvalue weighted by atomic mass is 16.5. The van der Waals surface area contributed by atoms with E-state index in [1.54, 1.807) is 6.20 Å². The molecule has 0 fully saturated rings. The third-order valence-electron chi connectivity index (χ3n) is 2.43. The molecule has 0 amide bonds. The number of ether oxygens (including phenoxy) is 1. The van der Waals surface area contributed by atoms with Crippen LogP contribution >= 0.6 is 0 Å². The monoisotopic (exact) mass is 243 g/mol. The second-order valence-electron chi connectivity index (χ2n) is 3.94. The highest BCUT2D eigenvalue weighted by Crippen LogP contribution is 2.22. The van der Waals surface area contributed by atoms with Gasteiger partial charge in [0.25, 0.3) is 0 Å². The third kappa shape index (κ3) is 3.13. The van der Waals surface area contributed by atoms with E-state index in [-0.39, 0.29) is 0 Å².